The smallest absolute Gasteiger partial charge is 0.290 e. The fourth-order valence-corrected chi connectivity index (χ4v) is 7.40. The molecule has 244 valence electrons. The third-order valence-electron chi connectivity index (χ3n) is 9.43. The van der Waals surface area contributed by atoms with E-state index in [9.17, 15) is 19.5 Å². The van der Waals surface area contributed by atoms with Crippen LogP contribution in [0.3, 0.4) is 0 Å². The third-order valence-corrected chi connectivity index (χ3v) is 9.66. The quantitative estimate of drug-likeness (QED) is 0.159. The minimum atomic E-state index is -0.691. The molecular formula is C39H35ClN2O6. The zero-order chi connectivity index (χ0) is 33.5. The number of rotatable bonds is 9. The summed E-state index contributed by atoms with van der Waals surface area (Å²) in [5.74, 6) is -1.49. The van der Waals surface area contributed by atoms with Gasteiger partial charge in [0.1, 0.15) is 0 Å². The number of anilines is 2. The highest BCUT2D eigenvalue weighted by Gasteiger charge is 2.40. The Bertz CT molecular complexity index is 1990. The molecule has 0 fully saturated rings. The lowest BCUT2D eigenvalue weighted by atomic mass is 9.78. The van der Waals surface area contributed by atoms with Gasteiger partial charge in [-0.25, -0.2) is 4.90 Å². The van der Waals surface area contributed by atoms with Gasteiger partial charge in [0.05, 0.1) is 16.8 Å². The van der Waals surface area contributed by atoms with Crippen molar-refractivity contribution in [2.45, 2.75) is 45.3 Å². The first-order chi connectivity index (χ1) is 23.3. The number of hydrogen-bond acceptors (Lipinski definition) is 6. The highest BCUT2D eigenvalue weighted by molar-refractivity contribution is 6.37. The predicted molar refractivity (Wildman–Crippen MR) is 184 cm³/mol. The number of nitrogens with zero attached hydrogens (tertiary/aromatic N) is 1. The Morgan fingerprint density at radius 3 is 2.56 bits per heavy atom. The van der Waals surface area contributed by atoms with Gasteiger partial charge < -0.3 is 19.9 Å². The lowest BCUT2D eigenvalue weighted by Gasteiger charge is -2.37. The molecule has 3 amide bonds. The van der Waals surface area contributed by atoms with Crippen LogP contribution in [0.15, 0.2) is 90.7 Å². The highest BCUT2D eigenvalue weighted by atomic mass is 35.5. The van der Waals surface area contributed by atoms with E-state index in [1.165, 1.54) is 28.3 Å². The van der Waals surface area contributed by atoms with Crippen LogP contribution in [0, 0.1) is 12.8 Å². The summed E-state index contributed by atoms with van der Waals surface area (Å²) >= 11 is 6.08. The molecule has 0 aromatic heterocycles. The molecule has 0 saturated heterocycles. The number of aryl methyl sites for hydroxylation is 1. The number of ether oxygens (including phenoxy) is 2. The predicted octanol–water partition coefficient (Wildman–Crippen LogP) is 7.41. The first-order valence-electron chi connectivity index (χ1n) is 16.2. The van der Waals surface area contributed by atoms with Crippen LogP contribution in [0.5, 0.6) is 0 Å². The van der Waals surface area contributed by atoms with Crippen LogP contribution >= 0.6 is 11.6 Å². The monoisotopic (exact) mass is 662 g/mol. The highest BCUT2D eigenvalue weighted by Crippen LogP contribution is 2.46. The molecule has 2 heterocycles. The standard InChI is InChI=1S/C39H35ClN2O6/c1-3-47-39-30(12-7-17-43)32(28-11-6-10-27-26-9-5-4-8-23(26)19-31(27)28)21-35(48-39)36(44)41-25-14-16-34(22(2)18-25)42-37(45)29-15-13-24(40)20-33(29)38(42)46/h4-6,8-11,13-16,18,20-21,30,32,39,43H,3,7,12,17,19H2,1-2H3,(H,41,44)/t30-,32-,39-/m1/s1. The van der Waals surface area contributed by atoms with Crippen molar-refractivity contribution in [1.82, 2.24) is 0 Å². The molecule has 0 spiro atoms. The van der Waals surface area contributed by atoms with Crippen LogP contribution < -0.4 is 10.2 Å². The normalized spacial score (nSPS) is 19.4. The Labute approximate surface area is 283 Å². The number of fused-ring (bicyclic) bond motifs is 4. The number of allylic oxidation sites excluding steroid dienone is 1. The number of benzene rings is 4. The maximum absolute atomic E-state index is 13.8. The number of aliphatic hydroxyl groups is 1. The number of imide groups is 1. The summed E-state index contributed by atoms with van der Waals surface area (Å²) in [4.78, 5) is 41.3. The van der Waals surface area contributed by atoms with Gasteiger partial charge >= 0.3 is 0 Å². The van der Waals surface area contributed by atoms with Crippen molar-refractivity contribution in [2.24, 2.45) is 5.92 Å². The van der Waals surface area contributed by atoms with Crippen LogP contribution in [0.1, 0.15) is 68.7 Å². The topological polar surface area (TPSA) is 105 Å². The van der Waals surface area contributed by atoms with E-state index in [1.54, 1.807) is 37.3 Å². The minimum Gasteiger partial charge on any atom is -0.459 e. The Kier molecular flexibility index (Phi) is 8.64. The zero-order valence-electron chi connectivity index (χ0n) is 26.7. The average molecular weight is 663 g/mol. The second-order valence-corrected chi connectivity index (χ2v) is 12.8. The molecule has 48 heavy (non-hydrogen) atoms. The largest absolute Gasteiger partial charge is 0.459 e. The van der Waals surface area contributed by atoms with Gasteiger partial charge in [0.15, 0.2) is 5.76 Å². The third kappa shape index (κ3) is 5.60. The van der Waals surface area contributed by atoms with Gasteiger partial charge in [-0.15, -0.1) is 0 Å². The molecule has 3 atom stereocenters. The van der Waals surface area contributed by atoms with Gasteiger partial charge in [0.2, 0.25) is 6.29 Å². The Morgan fingerprint density at radius 1 is 0.979 bits per heavy atom. The molecule has 0 saturated carbocycles. The fourth-order valence-electron chi connectivity index (χ4n) is 7.22. The van der Waals surface area contributed by atoms with Crippen LogP contribution in [0.4, 0.5) is 11.4 Å². The number of carbonyl (C=O) groups excluding carboxylic acids is 3. The van der Waals surface area contributed by atoms with Crippen molar-refractivity contribution in [3.8, 4) is 11.1 Å². The zero-order valence-corrected chi connectivity index (χ0v) is 27.4. The van der Waals surface area contributed by atoms with E-state index in [2.05, 4.69) is 47.8 Å². The van der Waals surface area contributed by atoms with Crippen LogP contribution in [-0.2, 0) is 20.7 Å². The first kappa shape index (κ1) is 31.8. The van der Waals surface area contributed by atoms with Gasteiger partial charge in [-0.1, -0.05) is 54.1 Å². The number of nitrogens with one attached hydrogen (secondary N) is 1. The van der Waals surface area contributed by atoms with Gasteiger partial charge in [-0.2, -0.15) is 0 Å². The van der Waals surface area contributed by atoms with Crippen molar-refractivity contribution >= 4 is 40.7 Å². The van der Waals surface area contributed by atoms with E-state index in [1.807, 2.05) is 13.0 Å². The molecule has 8 nitrogen and oxygen atoms in total. The average Bonchev–Trinajstić information content (AvgIpc) is 3.58. The summed E-state index contributed by atoms with van der Waals surface area (Å²) in [5, 5.41) is 13.1. The summed E-state index contributed by atoms with van der Waals surface area (Å²) < 4.78 is 12.3. The molecule has 0 bridgehead atoms. The molecule has 0 unspecified atom stereocenters. The van der Waals surface area contributed by atoms with Crippen LogP contribution in [0.2, 0.25) is 5.02 Å². The molecule has 4 aromatic rings. The Morgan fingerprint density at radius 2 is 1.77 bits per heavy atom. The molecular weight excluding hydrogens is 628 g/mol. The fraction of sp³-hybridized carbons (Fsp3) is 0.256. The summed E-state index contributed by atoms with van der Waals surface area (Å²) in [5.41, 5.74) is 8.12. The Balaban J connectivity index is 1.19. The molecule has 2 aliphatic heterocycles. The molecule has 3 aliphatic rings. The number of amides is 3. The van der Waals surface area contributed by atoms with Gasteiger partial charge in [-0.3, -0.25) is 14.4 Å². The molecule has 1 aliphatic carbocycles. The molecule has 9 heteroatoms. The number of hydrogen-bond donors (Lipinski definition) is 2. The van der Waals surface area contributed by atoms with Crippen molar-refractivity contribution in [3.05, 3.63) is 129 Å². The van der Waals surface area contributed by atoms with E-state index in [0.717, 1.165) is 16.9 Å². The molecule has 7 rings (SSSR count). The summed E-state index contributed by atoms with van der Waals surface area (Å²) in [6, 6.07) is 24.4. The summed E-state index contributed by atoms with van der Waals surface area (Å²) in [6.07, 6.45) is 3.22. The lowest BCUT2D eigenvalue weighted by molar-refractivity contribution is -0.165. The van der Waals surface area contributed by atoms with Crippen molar-refractivity contribution in [3.63, 3.8) is 0 Å². The number of halogens is 1. The maximum Gasteiger partial charge on any atom is 0.290 e. The van der Waals surface area contributed by atoms with Crippen LogP contribution in [0.25, 0.3) is 11.1 Å². The van der Waals surface area contributed by atoms with Crippen molar-refractivity contribution in [2.75, 3.05) is 23.4 Å². The van der Waals surface area contributed by atoms with Gasteiger partial charge in [-0.05, 0) is 109 Å². The maximum atomic E-state index is 13.8. The van der Waals surface area contributed by atoms with E-state index in [-0.39, 0.29) is 29.8 Å². The van der Waals surface area contributed by atoms with E-state index >= 15 is 0 Å². The van der Waals surface area contributed by atoms with Crippen molar-refractivity contribution in [1.29, 1.82) is 0 Å². The second-order valence-electron chi connectivity index (χ2n) is 12.3. The van der Waals surface area contributed by atoms with E-state index in [4.69, 9.17) is 21.1 Å². The molecule has 0 radical (unpaired) electrons. The van der Waals surface area contributed by atoms with E-state index < -0.39 is 24.0 Å². The molecule has 2 N–H and O–H groups in total. The number of carbonyl (C=O) groups is 3. The Hall–Kier alpha value is -4.76. The molecule has 4 aromatic carbocycles. The summed E-state index contributed by atoms with van der Waals surface area (Å²) in [6.45, 7) is 4.11. The van der Waals surface area contributed by atoms with E-state index in [0.29, 0.717) is 47.0 Å². The number of aliphatic hydroxyl groups excluding tert-OH is 1. The SMILES string of the molecule is CCO[C@@H]1OC(C(=O)Nc2ccc(N3C(=O)c4ccc(Cl)cc4C3=O)c(C)c2)=C[C@H](c2cccc3c2Cc2ccccc2-3)[C@H]1CCCO. The lowest BCUT2D eigenvalue weighted by Crippen LogP contribution is -2.37. The second kappa shape index (κ2) is 13.0. The minimum absolute atomic E-state index is 0.0429. The summed E-state index contributed by atoms with van der Waals surface area (Å²) in [7, 11) is 0. The van der Waals surface area contributed by atoms with Crippen LogP contribution in [-0.4, -0.2) is 42.3 Å². The van der Waals surface area contributed by atoms with Crippen molar-refractivity contribution < 1.29 is 29.0 Å². The first-order valence-corrected chi connectivity index (χ1v) is 16.6. The van der Waals surface area contributed by atoms with Gasteiger partial charge in [0, 0.05) is 35.8 Å². The van der Waals surface area contributed by atoms with Gasteiger partial charge in [0.25, 0.3) is 17.7 Å².